The lowest BCUT2D eigenvalue weighted by atomic mass is 10.0. The van der Waals surface area contributed by atoms with Crippen molar-refractivity contribution >= 4 is 75.9 Å². The number of benzene rings is 2. The Morgan fingerprint density at radius 2 is 1.57 bits per heavy atom. The van der Waals surface area contributed by atoms with Crippen molar-refractivity contribution in [1.82, 2.24) is 35.9 Å². The van der Waals surface area contributed by atoms with Crippen molar-refractivity contribution < 1.29 is 43.0 Å². The summed E-state index contributed by atoms with van der Waals surface area (Å²) >= 11 is 12.5. The van der Waals surface area contributed by atoms with Crippen LogP contribution in [-0.2, 0) is 30.4 Å². The first kappa shape index (κ1) is 42.2. The number of piperidine rings is 2. The summed E-state index contributed by atoms with van der Waals surface area (Å²) < 4.78 is 12.6. The molecule has 0 radical (unpaired) electrons. The molecule has 0 bridgehead atoms. The van der Waals surface area contributed by atoms with Gasteiger partial charge in [-0.05, 0) is 56.6 Å². The first-order chi connectivity index (χ1) is 28.0. The Morgan fingerprint density at radius 3 is 2.31 bits per heavy atom. The molecular formula is C38H43Cl2N9O9. The highest BCUT2D eigenvalue weighted by Crippen LogP contribution is 2.32. The van der Waals surface area contributed by atoms with Crippen LogP contribution in [0.4, 0.5) is 11.4 Å². The summed E-state index contributed by atoms with van der Waals surface area (Å²) in [6, 6.07) is 8.41. The van der Waals surface area contributed by atoms with Gasteiger partial charge in [-0.1, -0.05) is 35.3 Å². The predicted octanol–water partition coefficient (Wildman–Crippen LogP) is 1.98. The summed E-state index contributed by atoms with van der Waals surface area (Å²) in [5, 5.41) is 21.7. The minimum Gasteiger partial charge on any atom is -0.382 e. The van der Waals surface area contributed by atoms with Crippen molar-refractivity contribution in [3.05, 3.63) is 75.0 Å². The number of rotatable bonds is 18. The lowest BCUT2D eigenvalue weighted by Gasteiger charge is -2.27. The molecule has 3 aliphatic heterocycles. The zero-order valence-corrected chi connectivity index (χ0v) is 32.9. The summed E-state index contributed by atoms with van der Waals surface area (Å²) in [4.78, 5) is 90.0. The maximum Gasteiger partial charge on any atom is 0.274 e. The second-order valence-corrected chi connectivity index (χ2v) is 14.4. The van der Waals surface area contributed by atoms with Crippen LogP contribution in [-0.4, -0.2) is 121 Å². The van der Waals surface area contributed by atoms with E-state index in [4.69, 9.17) is 32.7 Å². The molecular weight excluding hydrogens is 797 g/mol. The monoisotopic (exact) mass is 839 g/mol. The molecule has 1 unspecified atom stereocenters. The van der Waals surface area contributed by atoms with E-state index in [9.17, 15) is 33.6 Å². The summed E-state index contributed by atoms with van der Waals surface area (Å²) in [6.07, 6.45) is 3.22. The van der Waals surface area contributed by atoms with E-state index in [0.29, 0.717) is 12.2 Å². The van der Waals surface area contributed by atoms with Crippen molar-refractivity contribution in [2.75, 3.05) is 63.2 Å². The van der Waals surface area contributed by atoms with E-state index >= 15 is 0 Å². The summed E-state index contributed by atoms with van der Waals surface area (Å²) in [6.45, 7) is 3.12. The minimum absolute atomic E-state index is 0.0151. The quantitative estimate of drug-likeness (QED) is 0.0798. The van der Waals surface area contributed by atoms with Gasteiger partial charge in [0.05, 0.1) is 65.4 Å². The largest absolute Gasteiger partial charge is 0.382 e. The standard InChI is InChI=1S/C38H43Cl2N9O9/c39-24-4-2-5-25(40)32(24)35(53)45-27-21-48(47-33(27)36(54)44-22-9-12-41-13-10-22)16-14-43-29(50)11-17-57-19-20-58-18-15-42-26-6-1-3-23-31(26)38(56)49(37(23)55)28-7-8-30(51)46-34(28)52/h1-6,21-22,28,41-42H,7-20H2,(H,43,50)(H,44,54)(H,45,53)(H,46,51,52). The average Bonchev–Trinajstić information content (AvgIpc) is 3.71. The normalized spacial score (nSPS) is 16.9. The van der Waals surface area contributed by atoms with Gasteiger partial charge in [-0.25, -0.2) is 0 Å². The topological polar surface area (TPSA) is 231 Å². The Morgan fingerprint density at radius 1 is 0.845 bits per heavy atom. The van der Waals surface area contributed by atoms with Gasteiger partial charge in [0.25, 0.3) is 23.6 Å². The van der Waals surface area contributed by atoms with Crippen LogP contribution in [0.1, 0.15) is 73.7 Å². The highest BCUT2D eigenvalue weighted by Gasteiger charge is 2.45. The van der Waals surface area contributed by atoms with Crippen LogP contribution in [0, 0.1) is 0 Å². The lowest BCUT2D eigenvalue weighted by molar-refractivity contribution is -0.136. The number of anilines is 2. The molecule has 3 aromatic rings. The fourth-order valence-corrected chi connectivity index (χ4v) is 7.29. The predicted molar refractivity (Wildman–Crippen MR) is 211 cm³/mol. The van der Waals surface area contributed by atoms with Crippen molar-refractivity contribution in [2.24, 2.45) is 0 Å². The van der Waals surface area contributed by atoms with E-state index in [-0.39, 0.29) is 109 Å². The van der Waals surface area contributed by atoms with E-state index in [2.05, 4.69) is 37.0 Å². The van der Waals surface area contributed by atoms with Gasteiger partial charge in [0.1, 0.15) is 6.04 Å². The van der Waals surface area contributed by atoms with Gasteiger partial charge in [0.2, 0.25) is 17.7 Å². The molecule has 20 heteroatoms. The second-order valence-electron chi connectivity index (χ2n) is 13.6. The van der Waals surface area contributed by atoms with Gasteiger partial charge in [-0.2, -0.15) is 5.10 Å². The Bertz CT molecular complexity index is 2050. The first-order valence-corrected chi connectivity index (χ1v) is 19.6. The van der Waals surface area contributed by atoms with Crippen molar-refractivity contribution in [3.63, 3.8) is 0 Å². The van der Waals surface area contributed by atoms with Gasteiger partial charge in [-0.15, -0.1) is 0 Å². The summed E-state index contributed by atoms with van der Waals surface area (Å²) in [5.41, 5.74) is 1.01. The maximum atomic E-state index is 13.3. The molecule has 3 aliphatic rings. The molecule has 308 valence electrons. The van der Waals surface area contributed by atoms with Gasteiger partial charge >= 0.3 is 0 Å². The van der Waals surface area contributed by atoms with E-state index in [0.717, 1.165) is 30.8 Å². The fourth-order valence-electron chi connectivity index (χ4n) is 6.72. The van der Waals surface area contributed by atoms with E-state index < -0.39 is 41.5 Å². The summed E-state index contributed by atoms with van der Waals surface area (Å²) in [7, 11) is 0. The molecule has 0 spiro atoms. The number of fused-ring (bicyclic) bond motifs is 1. The van der Waals surface area contributed by atoms with Crippen LogP contribution in [0.15, 0.2) is 42.6 Å². The molecule has 58 heavy (non-hydrogen) atoms. The van der Waals surface area contributed by atoms with Crippen LogP contribution in [0.25, 0.3) is 0 Å². The Labute approximate surface area is 343 Å². The smallest absolute Gasteiger partial charge is 0.274 e. The Balaban J connectivity index is 0.891. The number of hydrogen-bond acceptors (Lipinski definition) is 12. The second kappa shape index (κ2) is 19.8. The van der Waals surface area contributed by atoms with Gasteiger partial charge < -0.3 is 36.1 Å². The molecule has 18 nitrogen and oxygen atoms in total. The fraction of sp³-hybridized carbons (Fsp3) is 0.421. The molecule has 0 aliphatic carbocycles. The zero-order valence-electron chi connectivity index (χ0n) is 31.4. The van der Waals surface area contributed by atoms with Crippen molar-refractivity contribution in [2.45, 2.75) is 50.7 Å². The number of imide groups is 2. The molecule has 1 aromatic heterocycles. The first-order valence-electron chi connectivity index (χ1n) is 18.9. The average molecular weight is 841 g/mol. The number of nitrogens with zero attached hydrogens (tertiary/aromatic N) is 3. The van der Waals surface area contributed by atoms with Crippen molar-refractivity contribution in [3.8, 4) is 0 Å². The molecule has 0 saturated carbocycles. The van der Waals surface area contributed by atoms with Gasteiger partial charge in [0.15, 0.2) is 5.69 Å². The number of ether oxygens (including phenoxy) is 2. The van der Waals surface area contributed by atoms with Crippen LogP contribution >= 0.6 is 23.2 Å². The van der Waals surface area contributed by atoms with Gasteiger partial charge in [-0.3, -0.25) is 48.5 Å². The number of nitrogens with one attached hydrogen (secondary N) is 6. The highest BCUT2D eigenvalue weighted by molar-refractivity contribution is 6.40. The number of carbonyl (C=O) groups is 7. The number of hydrogen-bond donors (Lipinski definition) is 6. The third-order valence-electron chi connectivity index (χ3n) is 9.63. The van der Waals surface area contributed by atoms with Crippen LogP contribution in [0.2, 0.25) is 10.0 Å². The number of aromatic nitrogens is 2. The molecule has 6 N–H and O–H groups in total. The molecule has 7 amide bonds. The van der Waals surface area contributed by atoms with E-state index in [1.807, 2.05) is 0 Å². The minimum atomic E-state index is -1.05. The van der Waals surface area contributed by atoms with Crippen LogP contribution in [0.3, 0.4) is 0 Å². The van der Waals surface area contributed by atoms with Crippen LogP contribution < -0.4 is 31.9 Å². The third-order valence-corrected chi connectivity index (χ3v) is 10.3. The molecule has 2 saturated heterocycles. The molecule has 1 atom stereocenters. The lowest BCUT2D eigenvalue weighted by Crippen LogP contribution is -2.54. The molecule has 2 fully saturated rings. The van der Waals surface area contributed by atoms with Crippen LogP contribution in [0.5, 0.6) is 0 Å². The summed E-state index contributed by atoms with van der Waals surface area (Å²) in [5.74, 6) is -3.61. The highest BCUT2D eigenvalue weighted by atomic mass is 35.5. The van der Waals surface area contributed by atoms with E-state index in [1.165, 1.54) is 29.1 Å². The number of carbonyl (C=O) groups excluding carboxylic acids is 7. The zero-order chi connectivity index (χ0) is 41.2. The number of halogens is 2. The molecule has 2 aromatic carbocycles. The maximum absolute atomic E-state index is 13.3. The van der Waals surface area contributed by atoms with E-state index in [1.54, 1.807) is 18.2 Å². The van der Waals surface area contributed by atoms with Gasteiger partial charge in [0, 0.05) is 43.9 Å². The third kappa shape index (κ3) is 10.4. The molecule has 4 heterocycles. The van der Waals surface area contributed by atoms with Crippen molar-refractivity contribution in [1.29, 1.82) is 0 Å². The number of amides is 7. The SMILES string of the molecule is O=C(CCOCCOCCNc1cccc2c1C(=O)N(C1CCC(=O)NC1=O)C2=O)NCCn1cc(NC(=O)c2c(Cl)cccc2Cl)c(C(=O)NC2CCNCC2)n1. The molecule has 6 rings (SSSR count). The Hall–Kier alpha value is -5.40. The Kier molecular flexibility index (Phi) is 14.4.